The fourth-order valence-corrected chi connectivity index (χ4v) is 2.22. The van der Waals surface area contributed by atoms with Crippen LogP contribution in [0.5, 0.6) is 11.5 Å². The Balaban J connectivity index is 1.73. The molecule has 2 aromatic rings. The van der Waals surface area contributed by atoms with Crippen LogP contribution in [0, 0.1) is 0 Å². The number of ether oxygens (including phenoxy) is 2. The summed E-state index contributed by atoms with van der Waals surface area (Å²) in [5, 5.41) is 3.08. The number of nitrogens with one attached hydrogen (secondary N) is 1. The van der Waals surface area contributed by atoms with Gasteiger partial charge in [0.1, 0.15) is 0 Å². The van der Waals surface area contributed by atoms with E-state index in [1.807, 2.05) is 25.1 Å². The van der Waals surface area contributed by atoms with Crippen LogP contribution in [0.1, 0.15) is 18.9 Å². The number of rotatable bonds is 5. The zero-order chi connectivity index (χ0) is 14.7. The Bertz CT molecular complexity index is 697. The molecule has 3 rings (SSSR count). The first-order valence-electron chi connectivity index (χ1n) is 6.96. The van der Waals surface area contributed by atoms with Gasteiger partial charge in [-0.2, -0.15) is 0 Å². The predicted molar refractivity (Wildman–Crippen MR) is 78.7 cm³/mol. The summed E-state index contributed by atoms with van der Waals surface area (Å²) >= 11 is 0. The number of fused-ring (bicyclic) bond motifs is 1. The standard InChI is InChI=1S/C15H17N3O3/c1-2-6-18-7-5-16-14(15(18)19)17-9-11-3-4-12-13(8-11)21-10-20-12/h3-5,7-8H,2,6,9-10H2,1H3,(H,16,17). The zero-order valence-corrected chi connectivity index (χ0v) is 11.8. The van der Waals surface area contributed by atoms with Crippen molar-refractivity contribution < 1.29 is 9.47 Å². The monoisotopic (exact) mass is 287 g/mol. The number of hydrogen-bond donors (Lipinski definition) is 1. The Morgan fingerprint density at radius 2 is 2.19 bits per heavy atom. The molecule has 1 aromatic carbocycles. The zero-order valence-electron chi connectivity index (χ0n) is 11.8. The second-order valence-electron chi connectivity index (χ2n) is 4.82. The van der Waals surface area contributed by atoms with Crippen molar-refractivity contribution in [1.82, 2.24) is 9.55 Å². The normalized spacial score (nSPS) is 12.4. The van der Waals surface area contributed by atoms with Crippen molar-refractivity contribution in [2.45, 2.75) is 26.4 Å². The van der Waals surface area contributed by atoms with Gasteiger partial charge < -0.3 is 19.4 Å². The van der Waals surface area contributed by atoms with E-state index in [0.29, 0.717) is 18.9 Å². The van der Waals surface area contributed by atoms with Crippen LogP contribution in [0.2, 0.25) is 0 Å². The summed E-state index contributed by atoms with van der Waals surface area (Å²) in [4.78, 5) is 16.3. The van der Waals surface area contributed by atoms with Gasteiger partial charge in [0.15, 0.2) is 17.3 Å². The van der Waals surface area contributed by atoms with E-state index in [1.165, 1.54) is 0 Å². The van der Waals surface area contributed by atoms with E-state index in [4.69, 9.17) is 9.47 Å². The lowest BCUT2D eigenvalue weighted by atomic mass is 10.2. The lowest BCUT2D eigenvalue weighted by Crippen LogP contribution is -2.24. The van der Waals surface area contributed by atoms with Crippen LogP contribution in [0.15, 0.2) is 35.4 Å². The van der Waals surface area contributed by atoms with Gasteiger partial charge in [-0.3, -0.25) is 4.79 Å². The third kappa shape index (κ3) is 2.84. The molecule has 0 saturated carbocycles. The molecule has 1 N–H and O–H groups in total. The summed E-state index contributed by atoms with van der Waals surface area (Å²) in [7, 11) is 0. The number of aryl methyl sites for hydroxylation is 1. The summed E-state index contributed by atoms with van der Waals surface area (Å²) in [6.45, 7) is 3.50. The van der Waals surface area contributed by atoms with E-state index in [1.54, 1.807) is 17.0 Å². The second kappa shape index (κ2) is 5.87. The van der Waals surface area contributed by atoms with Crippen LogP contribution in [-0.2, 0) is 13.1 Å². The number of benzene rings is 1. The molecule has 0 amide bonds. The molecule has 110 valence electrons. The van der Waals surface area contributed by atoms with Gasteiger partial charge in [-0.05, 0) is 24.1 Å². The van der Waals surface area contributed by atoms with E-state index in [-0.39, 0.29) is 12.4 Å². The molecule has 1 aliphatic rings. The largest absolute Gasteiger partial charge is 0.454 e. The maximum Gasteiger partial charge on any atom is 0.293 e. The Labute approximate surface area is 122 Å². The molecule has 0 radical (unpaired) electrons. The van der Waals surface area contributed by atoms with Gasteiger partial charge in [-0.15, -0.1) is 0 Å². The highest BCUT2D eigenvalue weighted by Crippen LogP contribution is 2.32. The minimum absolute atomic E-state index is 0.0971. The minimum Gasteiger partial charge on any atom is -0.454 e. The van der Waals surface area contributed by atoms with Gasteiger partial charge in [0.2, 0.25) is 6.79 Å². The minimum atomic E-state index is -0.0971. The molecule has 21 heavy (non-hydrogen) atoms. The van der Waals surface area contributed by atoms with E-state index in [9.17, 15) is 4.79 Å². The van der Waals surface area contributed by atoms with E-state index >= 15 is 0 Å². The highest BCUT2D eigenvalue weighted by Gasteiger charge is 2.13. The lowest BCUT2D eigenvalue weighted by molar-refractivity contribution is 0.174. The van der Waals surface area contributed by atoms with Crippen LogP contribution in [0.4, 0.5) is 5.82 Å². The summed E-state index contributed by atoms with van der Waals surface area (Å²) in [5.41, 5.74) is 0.909. The van der Waals surface area contributed by atoms with Crippen LogP contribution < -0.4 is 20.3 Å². The maximum atomic E-state index is 12.2. The number of hydrogen-bond acceptors (Lipinski definition) is 5. The third-order valence-corrected chi connectivity index (χ3v) is 3.28. The summed E-state index contributed by atoms with van der Waals surface area (Å²) in [5.74, 6) is 1.85. The van der Waals surface area contributed by atoms with Crippen LogP contribution in [0.25, 0.3) is 0 Å². The van der Waals surface area contributed by atoms with Crippen molar-refractivity contribution in [3.05, 3.63) is 46.5 Å². The van der Waals surface area contributed by atoms with Gasteiger partial charge in [0.25, 0.3) is 5.56 Å². The van der Waals surface area contributed by atoms with Gasteiger partial charge >= 0.3 is 0 Å². The van der Waals surface area contributed by atoms with Crippen LogP contribution >= 0.6 is 0 Å². The number of aromatic nitrogens is 2. The predicted octanol–water partition coefficient (Wildman–Crippen LogP) is 1.99. The molecular weight excluding hydrogens is 270 g/mol. The number of nitrogens with zero attached hydrogens (tertiary/aromatic N) is 2. The maximum absolute atomic E-state index is 12.2. The summed E-state index contributed by atoms with van der Waals surface area (Å²) < 4.78 is 12.3. The van der Waals surface area contributed by atoms with Crippen molar-refractivity contribution in [1.29, 1.82) is 0 Å². The van der Waals surface area contributed by atoms with Gasteiger partial charge in [-0.25, -0.2) is 4.98 Å². The molecule has 2 heterocycles. The third-order valence-electron chi connectivity index (χ3n) is 3.28. The molecule has 1 aromatic heterocycles. The first-order valence-corrected chi connectivity index (χ1v) is 6.96. The fraction of sp³-hybridized carbons (Fsp3) is 0.333. The Hall–Kier alpha value is -2.50. The molecule has 6 nitrogen and oxygen atoms in total. The smallest absolute Gasteiger partial charge is 0.293 e. The van der Waals surface area contributed by atoms with Crippen molar-refractivity contribution >= 4 is 5.82 Å². The van der Waals surface area contributed by atoms with E-state index in [0.717, 1.165) is 23.5 Å². The van der Waals surface area contributed by atoms with Gasteiger partial charge in [0, 0.05) is 25.5 Å². The van der Waals surface area contributed by atoms with Crippen molar-refractivity contribution in [3.63, 3.8) is 0 Å². The van der Waals surface area contributed by atoms with Crippen LogP contribution in [0.3, 0.4) is 0 Å². The highest BCUT2D eigenvalue weighted by molar-refractivity contribution is 5.45. The second-order valence-corrected chi connectivity index (χ2v) is 4.82. The van der Waals surface area contributed by atoms with E-state index < -0.39 is 0 Å². The van der Waals surface area contributed by atoms with Crippen molar-refractivity contribution in [3.8, 4) is 11.5 Å². The van der Waals surface area contributed by atoms with Crippen molar-refractivity contribution in [2.75, 3.05) is 12.1 Å². The molecule has 6 heteroatoms. The Morgan fingerprint density at radius 3 is 3.05 bits per heavy atom. The molecular formula is C15H17N3O3. The quantitative estimate of drug-likeness (QED) is 0.911. The summed E-state index contributed by atoms with van der Waals surface area (Å²) in [6.07, 6.45) is 4.25. The van der Waals surface area contributed by atoms with Crippen molar-refractivity contribution in [2.24, 2.45) is 0 Å². The topological polar surface area (TPSA) is 65.4 Å². The van der Waals surface area contributed by atoms with Gasteiger partial charge in [-0.1, -0.05) is 13.0 Å². The number of anilines is 1. The molecule has 0 aliphatic carbocycles. The molecule has 0 atom stereocenters. The molecule has 0 fully saturated rings. The Morgan fingerprint density at radius 1 is 1.33 bits per heavy atom. The average Bonchev–Trinajstić information content (AvgIpc) is 2.96. The molecule has 0 spiro atoms. The SMILES string of the molecule is CCCn1ccnc(NCc2ccc3c(c2)OCO3)c1=O. The van der Waals surface area contributed by atoms with Crippen LogP contribution in [-0.4, -0.2) is 16.3 Å². The highest BCUT2D eigenvalue weighted by atomic mass is 16.7. The lowest BCUT2D eigenvalue weighted by Gasteiger charge is -2.08. The molecule has 0 saturated heterocycles. The Kier molecular flexibility index (Phi) is 3.77. The molecule has 0 unspecified atom stereocenters. The fourth-order valence-electron chi connectivity index (χ4n) is 2.22. The first kappa shape index (κ1) is 13.5. The summed E-state index contributed by atoms with van der Waals surface area (Å²) in [6, 6.07) is 5.71. The molecule has 0 bridgehead atoms. The van der Waals surface area contributed by atoms with Gasteiger partial charge in [0.05, 0.1) is 0 Å². The molecule has 1 aliphatic heterocycles. The first-order chi connectivity index (χ1) is 10.3. The van der Waals surface area contributed by atoms with E-state index in [2.05, 4.69) is 10.3 Å². The average molecular weight is 287 g/mol.